The molecule has 0 saturated heterocycles. The van der Waals surface area contributed by atoms with E-state index in [1.165, 1.54) is 12.4 Å². The Morgan fingerprint density at radius 1 is 1.32 bits per heavy atom. The fourth-order valence-electron chi connectivity index (χ4n) is 4.04. The van der Waals surface area contributed by atoms with E-state index in [1.807, 2.05) is 0 Å². The van der Waals surface area contributed by atoms with Gasteiger partial charge in [-0.1, -0.05) is 0 Å². The lowest BCUT2D eigenvalue weighted by molar-refractivity contribution is -0.128. The van der Waals surface area contributed by atoms with Crippen LogP contribution in [0.5, 0.6) is 0 Å². The van der Waals surface area contributed by atoms with E-state index in [4.69, 9.17) is 4.74 Å². The van der Waals surface area contributed by atoms with E-state index >= 15 is 0 Å². The summed E-state index contributed by atoms with van der Waals surface area (Å²) in [5.74, 6) is -1.25. The van der Waals surface area contributed by atoms with Crippen LogP contribution >= 0.6 is 0 Å². The monoisotopic (exact) mass is 477 g/mol. The summed E-state index contributed by atoms with van der Waals surface area (Å²) in [6.07, 6.45) is 5.44. The third-order valence-corrected chi connectivity index (χ3v) is 6.19. The number of ether oxygens (including phenoxy) is 1. The molecular formula is C24H33F2N5O3. The summed E-state index contributed by atoms with van der Waals surface area (Å²) in [7, 11) is 1.61. The van der Waals surface area contributed by atoms with Gasteiger partial charge < -0.3 is 25.3 Å². The van der Waals surface area contributed by atoms with Gasteiger partial charge in [-0.3, -0.25) is 9.59 Å². The molecule has 0 saturated carbocycles. The van der Waals surface area contributed by atoms with Gasteiger partial charge in [0.25, 0.3) is 0 Å². The van der Waals surface area contributed by atoms with Gasteiger partial charge in [-0.15, -0.1) is 0 Å². The van der Waals surface area contributed by atoms with Crippen molar-refractivity contribution < 1.29 is 23.1 Å². The third-order valence-electron chi connectivity index (χ3n) is 6.19. The maximum absolute atomic E-state index is 14.2. The number of amides is 2. The number of nitrogens with one attached hydrogen (secondary N) is 3. The van der Waals surface area contributed by atoms with Gasteiger partial charge in [-0.25, -0.2) is 13.8 Å². The molecule has 1 aromatic carbocycles. The molecule has 0 fully saturated rings. The molecule has 0 bridgehead atoms. The second-order valence-corrected chi connectivity index (χ2v) is 9.17. The van der Waals surface area contributed by atoms with E-state index in [1.54, 1.807) is 38.6 Å². The number of aromatic nitrogens is 2. The Hall–Kier alpha value is -2.85. The summed E-state index contributed by atoms with van der Waals surface area (Å²) in [5.41, 5.74) is 0.286. The molecular weight excluding hydrogens is 444 g/mol. The topological polar surface area (TPSA) is 97.3 Å². The first-order valence-electron chi connectivity index (χ1n) is 11.5. The molecule has 0 spiro atoms. The van der Waals surface area contributed by atoms with Crippen LogP contribution in [0.3, 0.4) is 0 Å². The predicted octanol–water partition coefficient (Wildman–Crippen LogP) is 2.52. The number of halogens is 2. The predicted molar refractivity (Wildman–Crippen MR) is 124 cm³/mol. The highest BCUT2D eigenvalue weighted by Crippen LogP contribution is 2.25. The van der Waals surface area contributed by atoms with Crippen LogP contribution < -0.4 is 16.0 Å². The van der Waals surface area contributed by atoms with Gasteiger partial charge in [0.15, 0.2) is 5.82 Å². The van der Waals surface area contributed by atoms with Crippen LogP contribution in [0.4, 0.5) is 14.6 Å². The Morgan fingerprint density at radius 3 is 2.82 bits per heavy atom. The van der Waals surface area contributed by atoms with Crippen molar-refractivity contribution in [3.05, 3.63) is 47.4 Å². The van der Waals surface area contributed by atoms with Gasteiger partial charge in [0, 0.05) is 38.6 Å². The minimum Gasteiger partial charge on any atom is -0.385 e. The molecule has 2 aromatic rings. The van der Waals surface area contributed by atoms with Gasteiger partial charge in [-0.05, 0) is 63.6 Å². The van der Waals surface area contributed by atoms with Crippen molar-refractivity contribution in [3.63, 3.8) is 0 Å². The number of carbonyl (C=O) groups is 2. The van der Waals surface area contributed by atoms with Crippen molar-refractivity contribution in [1.29, 1.82) is 0 Å². The third kappa shape index (κ3) is 6.18. The molecule has 10 heteroatoms. The zero-order valence-electron chi connectivity index (χ0n) is 20.1. The molecule has 1 aliphatic carbocycles. The van der Waals surface area contributed by atoms with E-state index < -0.39 is 23.2 Å². The van der Waals surface area contributed by atoms with Crippen LogP contribution in [0, 0.1) is 11.6 Å². The van der Waals surface area contributed by atoms with E-state index in [-0.39, 0.29) is 17.9 Å². The SMILES string of the molecule is COCCCNC(=O)C(C)(C)n1cnc(NC(=O)C(C)NC2CCc3cc(F)cc(F)c3C2)c1. The number of aryl methyl sites for hydroxylation is 1. The average molecular weight is 478 g/mol. The van der Waals surface area contributed by atoms with E-state index in [2.05, 4.69) is 20.9 Å². The molecule has 2 unspecified atom stereocenters. The summed E-state index contributed by atoms with van der Waals surface area (Å²) >= 11 is 0. The summed E-state index contributed by atoms with van der Waals surface area (Å²) in [6, 6.07) is 1.61. The average Bonchev–Trinajstić information content (AvgIpc) is 3.26. The molecule has 34 heavy (non-hydrogen) atoms. The molecule has 1 aliphatic rings. The van der Waals surface area contributed by atoms with Crippen molar-refractivity contribution in [1.82, 2.24) is 20.2 Å². The molecule has 186 valence electrons. The highest BCUT2D eigenvalue weighted by atomic mass is 19.1. The van der Waals surface area contributed by atoms with E-state index in [0.29, 0.717) is 55.8 Å². The molecule has 1 aromatic heterocycles. The Kier molecular flexibility index (Phi) is 8.37. The second kappa shape index (κ2) is 11.1. The van der Waals surface area contributed by atoms with Crippen molar-refractivity contribution in [2.45, 2.75) is 64.1 Å². The lowest BCUT2D eigenvalue weighted by atomic mass is 9.87. The molecule has 3 rings (SSSR count). The number of rotatable bonds is 10. The number of imidazole rings is 1. The van der Waals surface area contributed by atoms with Crippen LogP contribution in [0.15, 0.2) is 24.7 Å². The zero-order valence-corrected chi connectivity index (χ0v) is 20.1. The number of anilines is 1. The molecule has 0 aliphatic heterocycles. The van der Waals surface area contributed by atoms with Gasteiger partial charge in [-0.2, -0.15) is 0 Å². The number of nitrogens with zero attached hydrogens (tertiary/aromatic N) is 2. The maximum Gasteiger partial charge on any atom is 0.245 e. The lowest BCUT2D eigenvalue weighted by Gasteiger charge is -2.28. The molecule has 3 N–H and O–H groups in total. The first-order chi connectivity index (χ1) is 16.1. The van der Waals surface area contributed by atoms with E-state index in [9.17, 15) is 18.4 Å². The first-order valence-corrected chi connectivity index (χ1v) is 11.5. The highest BCUT2D eigenvalue weighted by molar-refractivity contribution is 5.93. The normalized spacial score (nSPS) is 16.6. The smallest absolute Gasteiger partial charge is 0.245 e. The Labute approximate surface area is 198 Å². The van der Waals surface area contributed by atoms with Crippen molar-refractivity contribution in [3.8, 4) is 0 Å². The molecule has 2 amide bonds. The van der Waals surface area contributed by atoms with Gasteiger partial charge in [0.1, 0.15) is 17.2 Å². The Balaban J connectivity index is 1.54. The quantitative estimate of drug-likeness (QED) is 0.457. The number of carbonyl (C=O) groups excluding carboxylic acids is 2. The number of hydrogen-bond acceptors (Lipinski definition) is 5. The largest absolute Gasteiger partial charge is 0.385 e. The van der Waals surface area contributed by atoms with Crippen molar-refractivity contribution in [2.24, 2.45) is 0 Å². The standard InChI is InChI=1S/C24H33F2N5O3/c1-15(29-18-7-6-16-10-17(25)11-20(26)19(16)12-18)22(32)30-21-13-31(14-28-21)24(2,3)23(33)27-8-5-9-34-4/h10-11,13-15,18,29H,5-9,12H2,1-4H3,(H,27,33)(H,30,32). The summed E-state index contributed by atoms with van der Waals surface area (Å²) in [6.45, 7) is 6.32. The molecule has 8 nitrogen and oxygen atoms in total. The molecule has 0 radical (unpaired) electrons. The lowest BCUT2D eigenvalue weighted by Crippen LogP contribution is -2.46. The van der Waals surface area contributed by atoms with Gasteiger partial charge in [0.05, 0.1) is 12.4 Å². The molecule has 1 heterocycles. The second-order valence-electron chi connectivity index (χ2n) is 9.17. The summed E-state index contributed by atoms with van der Waals surface area (Å²) in [4.78, 5) is 29.5. The number of methoxy groups -OCH3 is 1. The van der Waals surface area contributed by atoms with Gasteiger partial charge >= 0.3 is 0 Å². The fraction of sp³-hybridized carbons (Fsp3) is 0.542. The minimum atomic E-state index is -0.897. The highest BCUT2D eigenvalue weighted by Gasteiger charge is 2.30. The fourth-order valence-corrected chi connectivity index (χ4v) is 4.04. The number of hydrogen-bond donors (Lipinski definition) is 3. The van der Waals surface area contributed by atoms with Crippen LogP contribution in [0.1, 0.15) is 44.7 Å². The Bertz CT molecular complexity index is 1020. The summed E-state index contributed by atoms with van der Waals surface area (Å²) in [5, 5.41) is 8.86. The minimum absolute atomic E-state index is 0.105. The number of fused-ring (bicyclic) bond motifs is 1. The maximum atomic E-state index is 14.2. The van der Waals surface area contributed by atoms with Crippen molar-refractivity contribution in [2.75, 3.05) is 25.6 Å². The van der Waals surface area contributed by atoms with Crippen LogP contribution in [0.2, 0.25) is 0 Å². The molecule has 2 atom stereocenters. The first kappa shape index (κ1) is 25.8. The van der Waals surface area contributed by atoms with Crippen LogP contribution in [-0.4, -0.2) is 53.7 Å². The summed E-state index contributed by atoms with van der Waals surface area (Å²) < 4.78 is 34.2. The van der Waals surface area contributed by atoms with Crippen molar-refractivity contribution >= 4 is 17.6 Å². The Morgan fingerprint density at radius 2 is 2.09 bits per heavy atom. The van der Waals surface area contributed by atoms with Crippen LogP contribution in [-0.2, 0) is 32.7 Å². The van der Waals surface area contributed by atoms with E-state index in [0.717, 1.165) is 6.07 Å². The van der Waals surface area contributed by atoms with Crippen LogP contribution in [0.25, 0.3) is 0 Å². The zero-order chi connectivity index (χ0) is 24.9. The number of benzene rings is 1. The van der Waals surface area contributed by atoms with Gasteiger partial charge in [0.2, 0.25) is 11.8 Å².